The third kappa shape index (κ3) is 3.70. The highest BCUT2D eigenvalue weighted by Gasteiger charge is 2.36. The summed E-state index contributed by atoms with van der Waals surface area (Å²) in [4.78, 5) is 11.9. The normalized spacial score (nSPS) is 16.5. The summed E-state index contributed by atoms with van der Waals surface area (Å²) in [6.45, 7) is 3.50. The molecule has 1 fully saturated rings. The Morgan fingerprint density at radius 2 is 1.85 bits per heavy atom. The first-order valence-electron chi connectivity index (χ1n) is 8.43. The van der Waals surface area contributed by atoms with Crippen LogP contribution in [0.2, 0.25) is 0 Å². The van der Waals surface area contributed by atoms with Crippen molar-refractivity contribution in [1.29, 1.82) is 0 Å². The summed E-state index contributed by atoms with van der Waals surface area (Å²) in [5, 5.41) is 0. The summed E-state index contributed by atoms with van der Waals surface area (Å²) in [5.74, 6) is -0.750. The molecule has 0 atom stereocenters. The van der Waals surface area contributed by atoms with Crippen molar-refractivity contribution in [3.05, 3.63) is 53.6 Å². The second-order valence-corrected chi connectivity index (χ2v) is 9.88. The number of para-hydroxylation sites is 1. The molecule has 0 unspecified atom stereocenters. The van der Waals surface area contributed by atoms with E-state index in [0.29, 0.717) is 17.7 Å². The molecule has 0 bridgehead atoms. The zero-order valence-corrected chi connectivity index (χ0v) is 16.6. The molecule has 7 nitrogen and oxygen atoms in total. The second kappa shape index (κ2) is 6.97. The summed E-state index contributed by atoms with van der Waals surface area (Å²) < 4.78 is 53.0. The van der Waals surface area contributed by atoms with Gasteiger partial charge in [0, 0.05) is 6.42 Å². The van der Waals surface area contributed by atoms with E-state index in [2.05, 4.69) is 4.72 Å². The van der Waals surface area contributed by atoms with Gasteiger partial charge >= 0.3 is 0 Å². The molecule has 1 saturated heterocycles. The van der Waals surface area contributed by atoms with E-state index in [-0.39, 0.29) is 22.8 Å². The minimum Gasteiger partial charge on any atom is -0.279 e. The number of hydrogen-bond donors (Lipinski definition) is 1. The quantitative estimate of drug-likeness (QED) is 0.819. The molecule has 2 aromatic carbocycles. The fourth-order valence-electron chi connectivity index (χ4n) is 3.06. The van der Waals surface area contributed by atoms with Crippen molar-refractivity contribution in [3.8, 4) is 0 Å². The maximum absolute atomic E-state index is 12.8. The third-order valence-electron chi connectivity index (χ3n) is 4.40. The molecule has 0 saturated carbocycles. The maximum Gasteiger partial charge on any atom is 0.262 e. The van der Waals surface area contributed by atoms with Gasteiger partial charge in [0.15, 0.2) is 0 Å². The van der Waals surface area contributed by atoms with Crippen molar-refractivity contribution in [2.75, 3.05) is 14.8 Å². The van der Waals surface area contributed by atoms with Crippen molar-refractivity contribution in [2.45, 2.75) is 31.6 Å². The lowest BCUT2D eigenvalue weighted by Crippen LogP contribution is -2.29. The Balaban J connectivity index is 1.97. The Morgan fingerprint density at radius 3 is 2.44 bits per heavy atom. The number of nitrogens with zero attached hydrogens (tertiary/aromatic N) is 1. The predicted molar refractivity (Wildman–Crippen MR) is 104 cm³/mol. The van der Waals surface area contributed by atoms with E-state index in [4.69, 9.17) is 0 Å². The highest BCUT2D eigenvalue weighted by atomic mass is 32.2. The van der Waals surface area contributed by atoms with Crippen LogP contribution in [0.4, 0.5) is 11.4 Å². The first-order valence-corrected chi connectivity index (χ1v) is 11.5. The smallest absolute Gasteiger partial charge is 0.262 e. The summed E-state index contributed by atoms with van der Waals surface area (Å²) in [6.07, 6.45) is 0.600. The van der Waals surface area contributed by atoms with E-state index in [9.17, 15) is 21.6 Å². The van der Waals surface area contributed by atoms with Crippen molar-refractivity contribution < 1.29 is 21.6 Å². The lowest BCUT2D eigenvalue weighted by molar-refractivity contribution is -0.116. The van der Waals surface area contributed by atoms with Crippen molar-refractivity contribution in [1.82, 2.24) is 0 Å². The van der Waals surface area contributed by atoms with Gasteiger partial charge in [-0.2, -0.15) is 0 Å². The molecule has 0 radical (unpaired) electrons. The number of benzene rings is 2. The molecule has 27 heavy (non-hydrogen) atoms. The van der Waals surface area contributed by atoms with Crippen LogP contribution < -0.4 is 9.03 Å². The standard InChI is InChI=1S/C18H20N2O5S2/c1-3-14-6-4-5-7-16(14)19-27(24,25)17-9-8-15(12-13(17)2)20-18(21)10-11-26(20,22)23/h4-9,12,19H,3,10-11H2,1-2H3. The van der Waals surface area contributed by atoms with Crippen molar-refractivity contribution in [2.24, 2.45) is 0 Å². The largest absolute Gasteiger partial charge is 0.279 e. The average Bonchev–Trinajstić information content (AvgIpc) is 2.87. The van der Waals surface area contributed by atoms with E-state index < -0.39 is 26.0 Å². The number of hydrogen-bond acceptors (Lipinski definition) is 5. The first-order chi connectivity index (χ1) is 12.7. The topological polar surface area (TPSA) is 101 Å². The fourth-order valence-corrected chi connectivity index (χ4v) is 5.84. The van der Waals surface area contributed by atoms with Gasteiger partial charge in [0.1, 0.15) is 0 Å². The van der Waals surface area contributed by atoms with Crippen LogP contribution in [0.15, 0.2) is 47.4 Å². The number of rotatable bonds is 5. The van der Waals surface area contributed by atoms with E-state index in [1.54, 1.807) is 19.1 Å². The zero-order valence-electron chi connectivity index (χ0n) is 15.0. The Labute approximate surface area is 159 Å². The highest BCUT2D eigenvalue weighted by molar-refractivity contribution is 7.94. The number of carbonyl (C=O) groups is 1. The molecule has 3 rings (SSSR count). The SMILES string of the molecule is CCc1ccccc1NS(=O)(=O)c1ccc(N2C(=O)CCS2(=O)=O)cc1C. The van der Waals surface area contributed by atoms with Gasteiger partial charge in [-0.15, -0.1) is 0 Å². The van der Waals surface area contributed by atoms with Crippen molar-refractivity contribution >= 4 is 37.3 Å². The lowest BCUT2D eigenvalue weighted by Gasteiger charge is -2.18. The molecule has 1 aliphatic heterocycles. The highest BCUT2D eigenvalue weighted by Crippen LogP contribution is 2.29. The van der Waals surface area contributed by atoms with Crippen LogP contribution >= 0.6 is 0 Å². The Bertz CT molecular complexity index is 1110. The van der Waals surface area contributed by atoms with Crippen molar-refractivity contribution in [3.63, 3.8) is 0 Å². The Morgan fingerprint density at radius 1 is 1.15 bits per heavy atom. The molecule has 0 spiro atoms. The number of sulfonamides is 2. The molecule has 1 amide bonds. The van der Waals surface area contributed by atoms with E-state index in [1.807, 2.05) is 19.1 Å². The fraction of sp³-hybridized carbons (Fsp3) is 0.278. The van der Waals surface area contributed by atoms with Crippen LogP contribution in [0, 0.1) is 6.92 Å². The molecule has 0 aliphatic carbocycles. The van der Waals surface area contributed by atoms with Gasteiger partial charge in [0.05, 0.1) is 22.0 Å². The molecule has 1 N–H and O–H groups in total. The van der Waals surface area contributed by atoms with Gasteiger partial charge in [-0.3, -0.25) is 9.52 Å². The minimum atomic E-state index is -3.86. The molecule has 1 heterocycles. The summed E-state index contributed by atoms with van der Waals surface area (Å²) in [6, 6.07) is 11.2. The van der Waals surface area contributed by atoms with Gasteiger partial charge in [-0.05, 0) is 48.7 Å². The van der Waals surface area contributed by atoms with Crippen LogP contribution in [0.5, 0.6) is 0 Å². The maximum atomic E-state index is 12.8. The van der Waals surface area contributed by atoms with E-state index in [1.165, 1.54) is 18.2 Å². The number of carbonyl (C=O) groups excluding carboxylic acids is 1. The number of anilines is 2. The minimum absolute atomic E-state index is 0.0289. The Hall–Kier alpha value is -2.39. The lowest BCUT2D eigenvalue weighted by atomic mass is 10.1. The average molecular weight is 409 g/mol. The molecule has 1 aliphatic rings. The number of aryl methyl sites for hydroxylation is 2. The van der Waals surface area contributed by atoms with Gasteiger partial charge < -0.3 is 0 Å². The third-order valence-corrected chi connectivity index (χ3v) is 7.62. The van der Waals surface area contributed by atoms with Crippen LogP contribution in [0.25, 0.3) is 0 Å². The molecule has 0 aromatic heterocycles. The Kier molecular flexibility index (Phi) is 5.00. The molecule has 9 heteroatoms. The second-order valence-electron chi connectivity index (χ2n) is 6.29. The summed E-state index contributed by atoms with van der Waals surface area (Å²) >= 11 is 0. The molecular weight excluding hydrogens is 388 g/mol. The number of amides is 1. The monoisotopic (exact) mass is 408 g/mol. The zero-order chi connectivity index (χ0) is 19.8. The summed E-state index contributed by atoms with van der Waals surface area (Å²) in [7, 11) is -7.56. The van der Waals surface area contributed by atoms with E-state index >= 15 is 0 Å². The van der Waals surface area contributed by atoms with Gasteiger partial charge in [0.2, 0.25) is 15.9 Å². The van der Waals surface area contributed by atoms with Crippen LogP contribution in [-0.4, -0.2) is 28.5 Å². The van der Waals surface area contributed by atoms with Crippen LogP contribution in [0.1, 0.15) is 24.5 Å². The molecular formula is C18H20N2O5S2. The van der Waals surface area contributed by atoms with Gasteiger partial charge in [-0.1, -0.05) is 25.1 Å². The number of nitrogens with one attached hydrogen (secondary N) is 1. The van der Waals surface area contributed by atoms with E-state index in [0.717, 1.165) is 9.87 Å². The van der Waals surface area contributed by atoms with Gasteiger partial charge in [-0.25, -0.2) is 21.1 Å². The first kappa shape index (κ1) is 19.4. The van der Waals surface area contributed by atoms with Crippen LogP contribution in [-0.2, 0) is 31.3 Å². The summed E-state index contributed by atoms with van der Waals surface area (Å²) in [5.41, 5.74) is 1.87. The molecule has 144 valence electrons. The van der Waals surface area contributed by atoms with Crippen LogP contribution in [0.3, 0.4) is 0 Å². The predicted octanol–water partition coefficient (Wildman–Crippen LogP) is 2.42. The van der Waals surface area contributed by atoms with Gasteiger partial charge in [0.25, 0.3) is 10.0 Å². The molecule has 2 aromatic rings.